The molecule has 2 amide bonds. The van der Waals surface area contributed by atoms with Gasteiger partial charge in [-0.15, -0.1) is 0 Å². The van der Waals surface area contributed by atoms with Crippen LogP contribution in [0.1, 0.15) is 5.56 Å². The Hall–Kier alpha value is -3.15. The lowest BCUT2D eigenvalue weighted by Gasteiger charge is -2.22. The summed E-state index contributed by atoms with van der Waals surface area (Å²) in [5.74, 6) is -0.588. The topological polar surface area (TPSA) is 61.9 Å². The number of amides is 2. The van der Waals surface area contributed by atoms with Crippen LogP contribution in [-0.4, -0.2) is 24.0 Å². The molecule has 0 spiro atoms. The fourth-order valence-corrected chi connectivity index (χ4v) is 3.20. The van der Waals surface area contributed by atoms with Gasteiger partial charge in [0.15, 0.2) is 12.2 Å². The molecule has 0 radical (unpaired) electrons. The van der Waals surface area contributed by atoms with Gasteiger partial charge in [-0.05, 0) is 42.0 Å². The second kappa shape index (κ2) is 8.47. The summed E-state index contributed by atoms with van der Waals surface area (Å²) in [6, 6.07) is 25.9. The van der Waals surface area contributed by atoms with Crippen LogP contribution in [0.3, 0.4) is 0 Å². The number of para-hydroxylation sites is 1. The lowest BCUT2D eigenvalue weighted by molar-refractivity contribution is -0.120. The zero-order valence-corrected chi connectivity index (χ0v) is 16.3. The molecule has 3 aromatic carbocycles. The van der Waals surface area contributed by atoms with Gasteiger partial charge in [-0.25, -0.2) is 0 Å². The van der Waals surface area contributed by atoms with Crippen molar-refractivity contribution >= 4 is 34.8 Å². The molecule has 0 saturated carbocycles. The molecule has 29 heavy (non-hydrogen) atoms. The van der Waals surface area contributed by atoms with Crippen LogP contribution >= 0.6 is 11.6 Å². The average molecular weight is 407 g/mol. The Labute approximate surface area is 173 Å². The normalized spacial score (nSPS) is 17.4. The van der Waals surface area contributed by atoms with Crippen molar-refractivity contribution in [3.63, 3.8) is 0 Å². The molecular formula is C23H19ClN2O3. The molecule has 1 fully saturated rings. The van der Waals surface area contributed by atoms with Crippen molar-refractivity contribution in [3.05, 3.63) is 95.5 Å². The van der Waals surface area contributed by atoms with Crippen molar-refractivity contribution in [1.82, 2.24) is 0 Å². The summed E-state index contributed by atoms with van der Waals surface area (Å²) in [5, 5.41) is 3.33. The van der Waals surface area contributed by atoms with Crippen LogP contribution in [0, 0.1) is 0 Å². The van der Waals surface area contributed by atoms with E-state index in [0.29, 0.717) is 17.3 Å². The Morgan fingerprint density at radius 3 is 2.14 bits per heavy atom. The zero-order valence-electron chi connectivity index (χ0n) is 15.5. The fraction of sp³-hybridized carbons (Fsp3) is 0.130. The van der Waals surface area contributed by atoms with Gasteiger partial charge in [0.05, 0.1) is 6.54 Å². The fourth-order valence-electron chi connectivity index (χ4n) is 3.07. The van der Waals surface area contributed by atoms with E-state index in [2.05, 4.69) is 5.32 Å². The Morgan fingerprint density at radius 2 is 1.48 bits per heavy atom. The number of nitrogens with one attached hydrogen (secondary N) is 1. The summed E-state index contributed by atoms with van der Waals surface area (Å²) in [7, 11) is 0. The Morgan fingerprint density at radius 1 is 0.862 bits per heavy atom. The predicted molar refractivity (Wildman–Crippen MR) is 113 cm³/mol. The van der Waals surface area contributed by atoms with Gasteiger partial charge in [0, 0.05) is 16.4 Å². The number of hydrogen-bond acceptors (Lipinski definition) is 3. The Balaban J connectivity index is 1.47. The first-order valence-corrected chi connectivity index (χ1v) is 9.62. The van der Waals surface area contributed by atoms with Crippen LogP contribution in [0.25, 0.3) is 0 Å². The summed E-state index contributed by atoms with van der Waals surface area (Å²) in [6.07, 6.45) is -1.61. The number of nitrogens with zero attached hydrogens (tertiary/aromatic N) is 1. The molecule has 2 atom stereocenters. The molecule has 5 nitrogen and oxygen atoms in total. The first-order chi connectivity index (χ1) is 14.1. The molecule has 0 aliphatic carbocycles. The van der Waals surface area contributed by atoms with Gasteiger partial charge < -0.3 is 15.0 Å². The molecule has 1 aliphatic rings. The van der Waals surface area contributed by atoms with Gasteiger partial charge in [-0.2, -0.15) is 0 Å². The SMILES string of the molecule is O=C(Nc1ccc(Cl)cc1)[C@H]1O[C@@H]1C(=O)N(Cc1ccccc1)c1ccccc1. The van der Waals surface area contributed by atoms with Crippen molar-refractivity contribution in [2.75, 3.05) is 10.2 Å². The largest absolute Gasteiger partial charge is 0.349 e. The third kappa shape index (κ3) is 4.65. The molecule has 0 bridgehead atoms. The Bertz CT molecular complexity index is 994. The van der Waals surface area contributed by atoms with Crippen molar-refractivity contribution in [1.29, 1.82) is 0 Å². The highest BCUT2D eigenvalue weighted by atomic mass is 35.5. The maximum Gasteiger partial charge on any atom is 0.259 e. The standard InChI is InChI=1S/C23H19ClN2O3/c24-17-11-13-18(14-12-17)25-22(27)20-21(29-20)23(28)26(19-9-5-2-6-10-19)15-16-7-3-1-4-8-16/h1-14,20-21H,15H2,(H,25,27)/t20-,21-/m0/s1. The molecule has 3 aromatic rings. The first kappa shape index (κ1) is 19.2. The van der Waals surface area contributed by atoms with Crippen LogP contribution in [0.15, 0.2) is 84.9 Å². The van der Waals surface area contributed by atoms with E-state index in [4.69, 9.17) is 16.3 Å². The highest BCUT2D eigenvalue weighted by Crippen LogP contribution is 2.29. The minimum atomic E-state index is -0.805. The summed E-state index contributed by atoms with van der Waals surface area (Å²) >= 11 is 5.86. The number of rotatable bonds is 6. The van der Waals surface area contributed by atoms with Gasteiger partial charge in [-0.1, -0.05) is 60.1 Å². The lowest BCUT2D eigenvalue weighted by Crippen LogP contribution is -2.36. The monoisotopic (exact) mass is 406 g/mol. The number of ether oxygens (including phenoxy) is 1. The van der Waals surface area contributed by atoms with Gasteiger partial charge in [0.1, 0.15) is 0 Å². The number of carbonyl (C=O) groups excluding carboxylic acids is 2. The van der Waals surface area contributed by atoms with Gasteiger partial charge in [0.2, 0.25) is 0 Å². The molecule has 1 aliphatic heterocycles. The van der Waals surface area contributed by atoms with E-state index < -0.39 is 12.2 Å². The number of benzene rings is 3. The molecule has 6 heteroatoms. The molecule has 4 rings (SSSR count). The van der Waals surface area contributed by atoms with E-state index >= 15 is 0 Å². The van der Waals surface area contributed by atoms with Crippen molar-refractivity contribution in [3.8, 4) is 0 Å². The number of halogens is 1. The van der Waals surface area contributed by atoms with Crippen molar-refractivity contribution < 1.29 is 14.3 Å². The molecular weight excluding hydrogens is 388 g/mol. The van der Waals surface area contributed by atoms with Gasteiger partial charge in [-0.3, -0.25) is 9.59 Å². The zero-order chi connectivity index (χ0) is 20.2. The summed E-state index contributed by atoms with van der Waals surface area (Å²) in [5.41, 5.74) is 2.35. The number of epoxide rings is 1. The number of anilines is 2. The van der Waals surface area contributed by atoms with Crippen LogP contribution in [0.2, 0.25) is 5.02 Å². The molecule has 0 unspecified atom stereocenters. The second-order valence-electron chi connectivity index (χ2n) is 6.72. The van der Waals surface area contributed by atoms with E-state index in [1.807, 2.05) is 60.7 Å². The quantitative estimate of drug-likeness (QED) is 0.621. The van der Waals surface area contributed by atoms with Crippen LogP contribution in [-0.2, 0) is 20.9 Å². The van der Waals surface area contributed by atoms with Crippen molar-refractivity contribution in [2.45, 2.75) is 18.8 Å². The number of carbonyl (C=O) groups is 2. The maximum atomic E-state index is 13.1. The lowest BCUT2D eigenvalue weighted by atomic mass is 10.1. The van der Waals surface area contributed by atoms with E-state index in [9.17, 15) is 9.59 Å². The smallest absolute Gasteiger partial charge is 0.259 e. The average Bonchev–Trinajstić information content (AvgIpc) is 3.56. The van der Waals surface area contributed by atoms with Crippen LogP contribution in [0.5, 0.6) is 0 Å². The maximum absolute atomic E-state index is 13.1. The minimum Gasteiger partial charge on any atom is -0.349 e. The highest BCUT2D eigenvalue weighted by molar-refractivity contribution is 6.30. The summed E-state index contributed by atoms with van der Waals surface area (Å²) < 4.78 is 5.45. The molecule has 1 heterocycles. The van der Waals surface area contributed by atoms with Gasteiger partial charge in [0.25, 0.3) is 11.8 Å². The van der Waals surface area contributed by atoms with Crippen molar-refractivity contribution in [2.24, 2.45) is 0 Å². The van der Waals surface area contributed by atoms with Crippen LogP contribution in [0.4, 0.5) is 11.4 Å². The number of hydrogen-bond donors (Lipinski definition) is 1. The molecule has 1 N–H and O–H groups in total. The summed E-state index contributed by atoms with van der Waals surface area (Å²) in [6.45, 7) is 0.398. The van der Waals surface area contributed by atoms with E-state index in [1.165, 1.54) is 0 Å². The van der Waals surface area contributed by atoms with E-state index in [0.717, 1.165) is 11.3 Å². The first-order valence-electron chi connectivity index (χ1n) is 9.24. The van der Waals surface area contributed by atoms with E-state index in [-0.39, 0.29) is 11.8 Å². The van der Waals surface area contributed by atoms with E-state index in [1.54, 1.807) is 29.2 Å². The third-order valence-electron chi connectivity index (χ3n) is 4.62. The summed E-state index contributed by atoms with van der Waals surface area (Å²) in [4.78, 5) is 27.2. The molecule has 1 saturated heterocycles. The highest BCUT2D eigenvalue weighted by Gasteiger charge is 2.52. The predicted octanol–water partition coefficient (Wildman–Crippen LogP) is 4.28. The minimum absolute atomic E-state index is 0.240. The second-order valence-corrected chi connectivity index (χ2v) is 7.16. The van der Waals surface area contributed by atoms with Gasteiger partial charge >= 0.3 is 0 Å². The Kier molecular flexibility index (Phi) is 5.60. The third-order valence-corrected chi connectivity index (χ3v) is 4.87. The molecule has 146 valence electrons. The molecule has 0 aromatic heterocycles. The van der Waals surface area contributed by atoms with Crippen LogP contribution < -0.4 is 10.2 Å².